The number of fused-ring (bicyclic) bond motifs is 3. The molecule has 0 bridgehead atoms. The monoisotopic (exact) mass is 620 g/mol. The van der Waals surface area contributed by atoms with Crippen molar-refractivity contribution in [2.45, 2.75) is 0 Å². The van der Waals surface area contributed by atoms with Crippen molar-refractivity contribution in [3.05, 3.63) is 125 Å². The normalized spacial score (nSPS) is 11.4. The van der Waals surface area contributed by atoms with Crippen molar-refractivity contribution < 1.29 is 57.9 Å². The van der Waals surface area contributed by atoms with Crippen LogP contribution in [0, 0.1) is 58.2 Å². The Morgan fingerprint density at radius 2 is 0.750 bits per heavy atom. The average Bonchev–Trinajstić information content (AvgIpc) is 2.95. The largest absolute Gasteiger partial charge is 0.864 e. The third kappa shape index (κ3) is 4.95. The van der Waals surface area contributed by atoms with Gasteiger partial charge in [0, 0.05) is 28.3 Å². The van der Waals surface area contributed by atoms with Crippen molar-refractivity contribution in [2.75, 3.05) is 0 Å². The quantitative estimate of drug-likeness (QED) is 0.106. The van der Waals surface area contributed by atoms with Crippen molar-refractivity contribution in [2.24, 2.45) is 0 Å². The number of halogens is 10. The Bertz CT molecular complexity index is 2040. The lowest BCUT2D eigenvalue weighted by Crippen LogP contribution is -2.37. The van der Waals surface area contributed by atoms with Crippen LogP contribution in [0.15, 0.2) is 66.7 Å². The topological polar surface area (TPSA) is 27.7 Å². The molecule has 0 saturated carbocycles. The Balaban J connectivity index is 1.53. The maximum atomic E-state index is 14.5. The Morgan fingerprint density at radius 1 is 0.364 bits per heavy atom. The second-order valence-corrected chi connectivity index (χ2v) is 9.31. The lowest BCUT2D eigenvalue weighted by Gasteiger charge is -2.20. The molecule has 0 aliphatic carbocycles. The van der Waals surface area contributed by atoms with Crippen LogP contribution in [-0.4, -0.2) is 7.32 Å². The molecule has 0 amide bonds. The highest BCUT2D eigenvalue weighted by molar-refractivity contribution is 6.40. The summed E-state index contributed by atoms with van der Waals surface area (Å²) in [4.78, 5) is 0. The predicted octanol–water partition coefficient (Wildman–Crippen LogP) is 9.06. The molecule has 222 valence electrons. The van der Waals surface area contributed by atoms with E-state index in [-0.39, 0.29) is 0 Å². The minimum Gasteiger partial charge on any atom is -0.489 e. The lowest BCUT2D eigenvalue weighted by atomic mass is 10.0. The molecule has 0 aliphatic rings. The second kappa shape index (κ2) is 10.9. The van der Waals surface area contributed by atoms with E-state index in [0.717, 1.165) is 30.3 Å². The van der Waals surface area contributed by atoms with Gasteiger partial charge in [0.25, 0.3) is 0 Å². The van der Waals surface area contributed by atoms with Gasteiger partial charge in [-0.05, 0) is 54.6 Å². The van der Waals surface area contributed by atoms with E-state index in [4.69, 9.17) is 14.0 Å². The van der Waals surface area contributed by atoms with E-state index in [2.05, 4.69) is 0 Å². The van der Waals surface area contributed by atoms with Crippen LogP contribution >= 0.6 is 0 Å². The van der Waals surface area contributed by atoms with E-state index >= 15 is 0 Å². The summed E-state index contributed by atoms with van der Waals surface area (Å²) in [6.45, 7) is 0. The van der Waals surface area contributed by atoms with Gasteiger partial charge in [-0.3, -0.25) is 0 Å². The van der Waals surface area contributed by atoms with E-state index < -0.39 is 115 Å². The van der Waals surface area contributed by atoms with Crippen LogP contribution in [0.3, 0.4) is 0 Å². The molecular weight excluding hydrogens is 609 g/mol. The van der Waals surface area contributed by atoms with E-state index in [1.807, 2.05) is 0 Å². The molecule has 0 aromatic heterocycles. The van der Waals surface area contributed by atoms with Crippen molar-refractivity contribution in [3.63, 3.8) is 0 Å². The predicted molar refractivity (Wildman–Crippen MR) is 139 cm³/mol. The molecule has 6 rings (SSSR count). The van der Waals surface area contributed by atoms with Gasteiger partial charge in [-0.15, -0.1) is 0 Å². The molecule has 0 saturated heterocycles. The molecule has 6 aromatic rings. The molecule has 3 nitrogen and oxygen atoms in total. The van der Waals surface area contributed by atoms with Crippen molar-refractivity contribution in [3.8, 4) is 17.2 Å². The van der Waals surface area contributed by atoms with Crippen molar-refractivity contribution in [1.29, 1.82) is 0 Å². The number of rotatable bonds is 6. The molecule has 6 aromatic carbocycles. The van der Waals surface area contributed by atoms with Gasteiger partial charge in [0.1, 0.15) is 58.0 Å². The zero-order chi connectivity index (χ0) is 31.4. The Hall–Kier alpha value is -5.14. The number of benzene rings is 6. The Morgan fingerprint density at radius 3 is 1.18 bits per heavy atom. The fourth-order valence-corrected chi connectivity index (χ4v) is 4.70. The van der Waals surface area contributed by atoms with Crippen LogP contribution in [0.2, 0.25) is 0 Å². The molecular formula is C30H11BF10O3. The standard InChI is InChI=1S/C30H11BF10O3/c32-12-7-14-23(4-1-17(34)26(14)20(37)9-12)42-31(43-24-5-2-18(35)27-15(24)8-13(33)10-21(27)38)44-25-6-3-19(36)28-16(25)11-22(39)29(40)30(28)41/h1-11H. The highest BCUT2D eigenvalue weighted by Crippen LogP contribution is 2.36. The van der Waals surface area contributed by atoms with Crippen molar-refractivity contribution in [1.82, 2.24) is 0 Å². The van der Waals surface area contributed by atoms with Gasteiger partial charge in [-0.1, -0.05) is 0 Å². The first-order valence-electron chi connectivity index (χ1n) is 12.3. The molecule has 0 unspecified atom stereocenters. The molecule has 14 heteroatoms. The molecule has 0 fully saturated rings. The van der Waals surface area contributed by atoms with Gasteiger partial charge >= 0.3 is 7.32 Å². The summed E-state index contributed by atoms with van der Waals surface area (Å²) in [6, 6.07) is 7.40. The van der Waals surface area contributed by atoms with E-state index in [1.54, 1.807) is 0 Å². The van der Waals surface area contributed by atoms with Crippen LogP contribution in [0.4, 0.5) is 43.9 Å². The molecule has 0 spiro atoms. The van der Waals surface area contributed by atoms with E-state index in [9.17, 15) is 43.9 Å². The molecule has 0 N–H and O–H groups in total. The summed E-state index contributed by atoms with van der Waals surface area (Å²) in [7, 11) is -2.24. The molecule has 0 radical (unpaired) electrons. The lowest BCUT2D eigenvalue weighted by molar-refractivity contribution is 0.311. The van der Waals surface area contributed by atoms with Crippen LogP contribution in [-0.2, 0) is 0 Å². The third-order valence-corrected chi connectivity index (χ3v) is 6.60. The summed E-state index contributed by atoms with van der Waals surface area (Å²) in [5.74, 6) is -15.6. The fraction of sp³-hybridized carbons (Fsp3) is 0. The highest BCUT2D eigenvalue weighted by Gasteiger charge is 2.34. The van der Waals surface area contributed by atoms with E-state index in [1.165, 1.54) is 0 Å². The maximum absolute atomic E-state index is 14.5. The van der Waals surface area contributed by atoms with Gasteiger partial charge < -0.3 is 14.0 Å². The average molecular weight is 620 g/mol. The van der Waals surface area contributed by atoms with Crippen molar-refractivity contribution >= 4 is 39.6 Å². The zero-order valence-electron chi connectivity index (χ0n) is 21.4. The van der Waals surface area contributed by atoms with Crippen LogP contribution < -0.4 is 14.0 Å². The zero-order valence-corrected chi connectivity index (χ0v) is 21.4. The first kappa shape index (κ1) is 29.0. The number of hydrogen-bond acceptors (Lipinski definition) is 3. The maximum Gasteiger partial charge on any atom is 0.864 e. The first-order valence-corrected chi connectivity index (χ1v) is 12.3. The second-order valence-electron chi connectivity index (χ2n) is 9.31. The number of hydrogen-bond donors (Lipinski definition) is 0. The third-order valence-electron chi connectivity index (χ3n) is 6.60. The minimum absolute atomic E-state index is 0.402. The Labute approximate surface area is 240 Å². The minimum atomic E-state index is -2.24. The van der Waals surface area contributed by atoms with Gasteiger partial charge in [0.2, 0.25) is 0 Å². The summed E-state index contributed by atoms with van der Waals surface area (Å²) >= 11 is 0. The van der Waals surface area contributed by atoms with Gasteiger partial charge in [-0.25, -0.2) is 43.9 Å². The summed E-state index contributed by atoms with van der Waals surface area (Å²) in [5.41, 5.74) is 0. The van der Waals surface area contributed by atoms with Crippen LogP contribution in [0.5, 0.6) is 17.2 Å². The SMILES string of the molecule is Fc1cc(F)c2c(F)ccc(OB(Oc3ccc(F)c4c(F)cc(F)cc34)Oc3ccc(F)c4c(F)c(F)c(F)cc34)c2c1. The molecule has 44 heavy (non-hydrogen) atoms. The smallest absolute Gasteiger partial charge is 0.489 e. The Kier molecular flexibility index (Phi) is 7.14. The van der Waals surface area contributed by atoms with E-state index in [0.29, 0.717) is 36.4 Å². The van der Waals surface area contributed by atoms with Gasteiger partial charge in [0.05, 0.1) is 16.2 Å². The molecule has 0 aliphatic heterocycles. The highest BCUT2D eigenvalue weighted by atomic mass is 19.2. The molecule has 0 atom stereocenters. The summed E-state index contributed by atoms with van der Waals surface area (Å²) < 4.78 is 160. The first-order chi connectivity index (χ1) is 20.9. The summed E-state index contributed by atoms with van der Waals surface area (Å²) in [6.07, 6.45) is 0. The van der Waals surface area contributed by atoms with Crippen LogP contribution in [0.1, 0.15) is 0 Å². The molecule has 0 heterocycles. The fourth-order valence-electron chi connectivity index (χ4n) is 4.70. The van der Waals surface area contributed by atoms with Crippen LogP contribution in [0.25, 0.3) is 32.3 Å². The van der Waals surface area contributed by atoms with Gasteiger partial charge in [-0.2, -0.15) is 0 Å². The van der Waals surface area contributed by atoms with Gasteiger partial charge in [0.15, 0.2) is 17.5 Å². The summed E-state index contributed by atoms with van der Waals surface area (Å²) in [5, 5.41) is -4.10.